The Labute approximate surface area is 191 Å². The number of hydrogen-bond acceptors (Lipinski definition) is 5. The van der Waals surface area contributed by atoms with Crippen LogP contribution in [0.25, 0.3) is 0 Å². The SMILES string of the molecule is O=C1NCC[C@H]1C[C@H](NC(=O)[C@@H]1CC2(CC2)CN1C(=O)C1CC(F)(F)C1)C(=O)COC(F)(F)F. The van der Waals surface area contributed by atoms with Crippen molar-refractivity contribution in [1.29, 1.82) is 0 Å². The summed E-state index contributed by atoms with van der Waals surface area (Å²) in [5.74, 6) is -7.19. The molecular weight excluding hydrogens is 469 g/mol. The first-order chi connectivity index (χ1) is 15.8. The Morgan fingerprint density at radius 3 is 2.38 bits per heavy atom. The molecule has 0 aromatic carbocycles. The standard InChI is InChI=1S/C21H26F5N3O5/c22-20(23)6-12(7-20)18(33)29-10-19(2-3-19)8-14(29)17(32)28-13(5-11-1-4-27-16(11)31)15(30)9-34-21(24,25)26/h11-14H,1-10H2,(H,27,31)(H,28,32)/t11-,13-,14-/m0/s1. The summed E-state index contributed by atoms with van der Waals surface area (Å²) in [5, 5.41) is 4.99. The van der Waals surface area contributed by atoms with Crippen molar-refractivity contribution in [3.8, 4) is 0 Å². The number of hydrogen-bond donors (Lipinski definition) is 2. The molecular formula is C21H26F5N3O5. The number of rotatable bonds is 8. The van der Waals surface area contributed by atoms with Crippen molar-refractivity contribution >= 4 is 23.5 Å². The molecule has 2 heterocycles. The van der Waals surface area contributed by atoms with E-state index in [1.165, 1.54) is 4.90 Å². The molecule has 0 aromatic rings. The number of likely N-dealkylation sites (tertiary alicyclic amines) is 1. The summed E-state index contributed by atoms with van der Waals surface area (Å²) in [5.41, 5.74) is -0.270. The fraction of sp³-hybridized carbons (Fsp3) is 0.810. The lowest BCUT2D eigenvalue weighted by molar-refractivity contribution is -0.321. The minimum Gasteiger partial charge on any atom is -0.356 e. The van der Waals surface area contributed by atoms with Gasteiger partial charge in [-0.25, -0.2) is 8.78 Å². The van der Waals surface area contributed by atoms with E-state index in [1.54, 1.807) is 0 Å². The van der Waals surface area contributed by atoms with E-state index in [0.29, 0.717) is 13.0 Å². The molecule has 4 rings (SSSR count). The van der Waals surface area contributed by atoms with Crippen LogP contribution in [0.3, 0.4) is 0 Å². The van der Waals surface area contributed by atoms with Gasteiger partial charge in [0, 0.05) is 37.8 Å². The van der Waals surface area contributed by atoms with E-state index in [1.807, 2.05) is 0 Å². The van der Waals surface area contributed by atoms with Gasteiger partial charge in [0.25, 0.3) is 0 Å². The van der Waals surface area contributed by atoms with Crippen molar-refractivity contribution in [2.75, 3.05) is 19.7 Å². The van der Waals surface area contributed by atoms with E-state index < -0.39 is 73.3 Å². The van der Waals surface area contributed by atoms with E-state index in [-0.39, 0.29) is 30.7 Å². The molecule has 1 spiro atoms. The number of Topliss-reactive ketones (excluding diaryl/α,β-unsaturated/α-hetero) is 1. The van der Waals surface area contributed by atoms with Crippen LogP contribution in [0.4, 0.5) is 22.0 Å². The fourth-order valence-corrected chi connectivity index (χ4v) is 5.08. The van der Waals surface area contributed by atoms with Crippen LogP contribution in [-0.4, -0.2) is 72.5 Å². The van der Waals surface area contributed by atoms with E-state index in [9.17, 15) is 41.1 Å². The van der Waals surface area contributed by atoms with Gasteiger partial charge in [0.1, 0.15) is 12.6 Å². The van der Waals surface area contributed by atoms with Gasteiger partial charge in [0.2, 0.25) is 23.6 Å². The second-order valence-electron chi connectivity index (χ2n) is 9.92. The highest BCUT2D eigenvalue weighted by atomic mass is 19.4. The van der Waals surface area contributed by atoms with Gasteiger partial charge < -0.3 is 15.5 Å². The zero-order valence-corrected chi connectivity index (χ0v) is 18.3. The monoisotopic (exact) mass is 495 g/mol. The summed E-state index contributed by atoms with van der Waals surface area (Å²) in [7, 11) is 0. The maximum absolute atomic E-state index is 13.3. The van der Waals surface area contributed by atoms with Gasteiger partial charge in [-0.3, -0.25) is 23.9 Å². The highest BCUT2D eigenvalue weighted by molar-refractivity contribution is 5.94. The van der Waals surface area contributed by atoms with E-state index >= 15 is 0 Å². The second kappa shape index (κ2) is 8.72. The van der Waals surface area contributed by atoms with Crippen LogP contribution >= 0.6 is 0 Å². The Hall–Kier alpha value is -2.31. The number of alkyl halides is 5. The zero-order chi connectivity index (χ0) is 24.9. The number of amides is 3. The summed E-state index contributed by atoms with van der Waals surface area (Å²) >= 11 is 0. The molecule has 34 heavy (non-hydrogen) atoms. The molecule has 4 fully saturated rings. The van der Waals surface area contributed by atoms with Gasteiger partial charge >= 0.3 is 6.36 Å². The highest BCUT2D eigenvalue weighted by Gasteiger charge is 2.58. The smallest absolute Gasteiger partial charge is 0.356 e. The molecule has 190 valence electrons. The van der Waals surface area contributed by atoms with Crippen molar-refractivity contribution in [3.05, 3.63) is 0 Å². The third kappa shape index (κ3) is 5.49. The molecule has 0 unspecified atom stereocenters. The molecule has 3 amide bonds. The van der Waals surface area contributed by atoms with E-state index in [0.717, 1.165) is 12.8 Å². The number of ketones is 1. The lowest BCUT2D eigenvalue weighted by atomic mass is 9.80. The third-order valence-electron chi connectivity index (χ3n) is 7.26. The Morgan fingerprint density at radius 1 is 1.18 bits per heavy atom. The van der Waals surface area contributed by atoms with E-state index in [4.69, 9.17) is 0 Å². The first-order valence-corrected chi connectivity index (χ1v) is 11.3. The van der Waals surface area contributed by atoms with Crippen LogP contribution in [-0.2, 0) is 23.9 Å². The average Bonchev–Trinajstić information content (AvgIpc) is 3.18. The Bertz CT molecular complexity index is 867. The Balaban J connectivity index is 1.45. The molecule has 2 N–H and O–H groups in total. The average molecular weight is 495 g/mol. The summed E-state index contributed by atoms with van der Waals surface area (Å²) in [6.07, 6.45) is -4.25. The van der Waals surface area contributed by atoms with Gasteiger partial charge in [-0.05, 0) is 37.5 Å². The quantitative estimate of drug-likeness (QED) is 0.497. The lowest BCUT2D eigenvalue weighted by Crippen LogP contribution is -2.55. The Kier molecular flexibility index (Phi) is 6.36. The molecule has 4 aliphatic rings. The largest absolute Gasteiger partial charge is 0.522 e. The van der Waals surface area contributed by atoms with Gasteiger partial charge in [-0.2, -0.15) is 0 Å². The molecule has 0 bridgehead atoms. The Morgan fingerprint density at radius 2 is 1.85 bits per heavy atom. The van der Waals surface area contributed by atoms with Crippen LogP contribution in [0.5, 0.6) is 0 Å². The molecule has 13 heteroatoms. The minimum atomic E-state index is -5.05. The van der Waals surface area contributed by atoms with Crippen LogP contribution in [0.2, 0.25) is 0 Å². The summed E-state index contributed by atoms with van der Waals surface area (Å²) in [6.45, 7) is -0.749. The van der Waals surface area contributed by atoms with Gasteiger partial charge in [0.05, 0.1) is 6.04 Å². The number of halogens is 5. The third-order valence-corrected chi connectivity index (χ3v) is 7.26. The maximum atomic E-state index is 13.3. The van der Waals surface area contributed by atoms with Crippen LogP contribution in [0, 0.1) is 17.3 Å². The summed E-state index contributed by atoms with van der Waals surface area (Å²) in [6, 6.07) is -2.44. The highest BCUT2D eigenvalue weighted by Crippen LogP contribution is 2.56. The fourth-order valence-electron chi connectivity index (χ4n) is 5.08. The molecule has 3 atom stereocenters. The maximum Gasteiger partial charge on any atom is 0.522 e. The molecule has 8 nitrogen and oxygen atoms in total. The molecule has 0 aromatic heterocycles. The number of carbonyl (C=O) groups excluding carboxylic acids is 4. The van der Waals surface area contributed by atoms with Gasteiger partial charge in [-0.15, -0.1) is 13.2 Å². The number of nitrogens with zero attached hydrogens (tertiary/aromatic N) is 1. The van der Waals surface area contributed by atoms with Crippen molar-refractivity contribution < 1.29 is 45.9 Å². The summed E-state index contributed by atoms with van der Waals surface area (Å²) in [4.78, 5) is 51.7. The molecule has 2 aliphatic heterocycles. The van der Waals surface area contributed by atoms with Gasteiger partial charge in [-0.1, -0.05) is 0 Å². The van der Waals surface area contributed by atoms with Crippen LogP contribution in [0.1, 0.15) is 44.9 Å². The normalized spacial score (nSPS) is 28.4. The second-order valence-corrected chi connectivity index (χ2v) is 9.92. The first kappa shape index (κ1) is 24.8. The van der Waals surface area contributed by atoms with Crippen molar-refractivity contribution in [2.45, 2.75) is 69.3 Å². The lowest BCUT2D eigenvalue weighted by Gasteiger charge is -2.37. The van der Waals surface area contributed by atoms with Crippen LogP contribution in [0.15, 0.2) is 0 Å². The topological polar surface area (TPSA) is 105 Å². The predicted octanol–water partition coefficient (Wildman–Crippen LogP) is 1.53. The number of ether oxygens (including phenoxy) is 1. The number of carbonyl (C=O) groups is 4. The molecule has 0 radical (unpaired) electrons. The van der Waals surface area contributed by atoms with E-state index in [2.05, 4.69) is 15.4 Å². The van der Waals surface area contributed by atoms with Crippen molar-refractivity contribution in [3.63, 3.8) is 0 Å². The van der Waals surface area contributed by atoms with Crippen LogP contribution < -0.4 is 10.6 Å². The number of nitrogens with one attached hydrogen (secondary N) is 2. The van der Waals surface area contributed by atoms with Crippen molar-refractivity contribution in [1.82, 2.24) is 15.5 Å². The van der Waals surface area contributed by atoms with Crippen molar-refractivity contribution in [2.24, 2.45) is 17.3 Å². The molecule has 2 saturated carbocycles. The molecule has 2 aliphatic carbocycles. The zero-order valence-electron chi connectivity index (χ0n) is 18.3. The first-order valence-electron chi connectivity index (χ1n) is 11.3. The summed E-state index contributed by atoms with van der Waals surface area (Å²) < 4.78 is 67.5. The predicted molar refractivity (Wildman–Crippen MR) is 104 cm³/mol. The van der Waals surface area contributed by atoms with Gasteiger partial charge in [0.15, 0.2) is 5.78 Å². The molecule has 2 saturated heterocycles. The minimum absolute atomic E-state index is 0.210.